The second kappa shape index (κ2) is 11.3. The highest BCUT2D eigenvalue weighted by Crippen LogP contribution is 2.11. The lowest BCUT2D eigenvalue weighted by molar-refractivity contribution is -0.117. The Hall–Kier alpha value is -2.31. The molecule has 0 bridgehead atoms. The van der Waals surface area contributed by atoms with Gasteiger partial charge in [-0.25, -0.2) is 9.97 Å². The fourth-order valence-corrected chi connectivity index (χ4v) is 2.34. The Morgan fingerprint density at radius 3 is 2.54 bits per heavy atom. The number of carbonyl (C=O) groups excluding carboxylic acids is 2. The predicted molar refractivity (Wildman–Crippen MR) is 105 cm³/mol. The normalized spacial score (nSPS) is 10.1. The third-order valence-electron chi connectivity index (χ3n) is 3.47. The van der Waals surface area contributed by atoms with Crippen molar-refractivity contribution in [3.63, 3.8) is 0 Å². The van der Waals surface area contributed by atoms with E-state index in [0.29, 0.717) is 23.6 Å². The third kappa shape index (κ3) is 7.29. The molecule has 0 fully saturated rings. The van der Waals surface area contributed by atoms with Gasteiger partial charge in [0.1, 0.15) is 6.29 Å². The molecule has 1 amide bonds. The van der Waals surface area contributed by atoms with Gasteiger partial charge in [0.15, 0.2) is 0 Å². The lowest BCUT2D eigenvalue weighted by Gasteiger charge is -2.16. The molecule has 1 N–H and O–H groups in total. The molecule has 26 heavy (non-hydrogen) atoms. The Balaban J connectivity index is 0.00000163. The summed E-state index contributed by atoms with van der Waals surface area (Å²) < 4.78 is 0. The summed E-state index contributed by atoms with van der Waals surface area (Å²) in [7, 11) is 1.85. The number of amides is 1. The van der Waals surface area contributed by atoms with Crippen molar-refractivity contribution in [2.75, 3.05) is 25.5 Å². The minimum atomic E-state index is -0.209. The van der Waals surface area contributed by atoms with E-state index < -0.39 is 0 Å². The molecule has 1 aromatic carbocycles. The number of aromatic nitrogens is 2. The van der Waals surface area contributed by atoms with Crippen LogP contribution in [0.3, 0.4) is 0 Å². The molecule has 0 unspecified atom stereocenters. The van der Waals surface area contributed by atoms with E-state index in [2.05, 4.69) is 15.3 Å². The lowest BCUT2D eigenvalue weighted by Crippen LogP contribution is -2.32. The summed E-state index contributed by atoms with van der Waals surface area (Å²) in [5.41, 5.74) is 2.78. The van der Waals surface area contributed by atoms with Gasteiger partial charge in [-0.3, -0.25) is 19.8 Å². The van der Waals surface area contributed by atoms with Gasteiger partial charge in [-0.1, -0.05) is 49.2 Å². The maximum absolute atomic E-state index is 12.0. The van der Waals surface area contributed by atoms with Gasteiger partial charge in [0.2, 0.25) is 11.9 Å². The summed E-state index contributed by atoms with van der Waals surface area (Å²) >= 11 is 5.70. The molecular formula is C19H25ClN4O2. The van der Waals surface area contributed by atoms with Crippen LogP contribution in [0.4, 0.5) is 5.95 Å². The molecule has 0 radical (unpaired) electrons. The number of rotatable bonds is 7. The van der Waals surface area contributed by atoms with Gasteiger partial charge in [-0.2, -0.15) is 0 Å². The van der Waals surface area contributed by atoms with Crippen LogP contribution in [-0.2, 0) is 11.2 Å². The van der Waals surface area contributed by atoms with Crippen molar-refractivity contribution in [1.29, 1.82) is 0 Å². The summed E-state index contributed by atoms with van der Waals surface area (Å²) in [4.78, 5) is 32.8. The van der Waals surface area contributed by atoms with E-state index in [1.807, 2.05) is 50.9 Å². The highest BCUT2D eigenvalue weighted by atomic mass is 35.5. The zero-order chi connectivity index (χ0) is 19.5. The number of hydrogen-bond acceptors (Lipinski definition) is 5. The number of nitrogens with one attached hydrogen (secondary N) is 1. The zero-order valence-electron chi connectivity index (χ0n) is 15.6. The smallest absolute Gasteiger partial charge is 0.240 e. The van der Waals surface area contributed by atoms with E-state index in [9.17, 15) is 9.59 Å². The Morgan fingerprint density at radius 2 is 1.92 bits per heavy atom. The number of benzene rings is 1. The van der Waals surface area contributed by atoms with Crippen molar-refractivity contribution >= 4 is 29.7 Å². The van der Waals surface area contributed by atoms with Crippen molar-refractivity contribution < 1.29 is 9.59 Å². The highest BCUT2D eigenvalue weighted by Gasteiger charge is 2.10. The standard InChI is InChI=1S/C17H19ClN4O2.C2H6/c1-12-3-4-14(11-23)13(7-12)5-6-22(2)10-16(24)21-17-19-8-15(18)9-20-17;1-2/h3-4,7-9,11H,5-6,10H2,1-2H3,(H,19,20,21,24);1-2H3. The monoisotopic (exact) mass is 376 g/mol. The van der Waals surface area contributed by atoms with Crippen LogP contribution < -0.4 is 5.32 Å². The zero-order valence-corrected chi connectivity index (χ0v) is 16.4. The van der Waals surface area contributed by atoms with E-state index in [4.69, 9.17) is 11.6 Å². The number of aldehydes is 1. The molecular weight excluding hydrogens is 352 g/mol. The van der Waals surface area contributed by atoms with Gasteiger partial charge in [0.25, 0.3) is 0 Å². The molecule has 2 aromatic rings. The van der Waals surface area contributed by atoms with Gasteiger partial charge < -0.3 is 0 Å². The fourth-order valence-electron chi connectivity index (χ4n) is 2.24. The minimum absolute atomic E-state index is 0.203. The Morgan fingerprint density at radius 1 is 1.27 bits per heavy atom. The number of carbonyl (C=O) groups is 2. The van der Waals surface area contributed by atoms with Crippen molar-refractivity contribution in [3.8, 4) is 0 Å². The molecule has 7 heteroatoms. The highest BCUT2D eigenvalue weighted by molar-refractivity contribution is 6.30. The van der Waals surface area contributed by atoms with E-state index >= 15 is 0 Å². The summed E-state index contributed by atoms with van der Waals surface area (Å²) in [6.07, 6.45) is 4.40. The van der Waals surface area contributed by atoms with E-state index in [0.717, 1.165) is 17.4 Å². The first-order chi connectivity index (χ1) is 12.5. The molecule has 0 atom stereocenters. The largest absolute Gasteiger partial charge is 0.298 e. The molecule has 0 aliphatic heterocycles. The van der Waals surface area contributed by atoms with Crippen LogP contribution in [0.1, 0.15) is 35.3 Å². The average Bonchev–Trinajstić information content (AvgIpc) is 2.63. The maximum atomic E-state index is 12.0. The second-order valence-electron chi connectivity index (χ2n) is 5.58. The summed E-state index contributed by atoms with van der Waals surface area (Å²) in [5, 5.41) is 3.02. The van der Waals surface area contributed by atoms with Crippen LogP contribution in [0.25, 0.3) is 0 Å². The van der Waals surface area contributed by atoms with Gasteiger partial charge in [-0.05, 0) is 26.0 Å². The molecule has 6 nitrogen and oxygen atoms in total. The van der Waals surface area contributed by atoms with E-state index in [-0.39, 0.29) is 18.4 Å². The molecule has 1 heterocycles. The molecule has 1 aromatic heterocycles. The molecule has 0 aliphatic rings. The van der Waals surface area contributed by atoms with Gasteiger partial charge >= 0.3 is 0 Å². The van der Waals surface area contributed by atoms with Gasteiger partial charge in [0.05, 0.1) is 24.0 Å². The quantitative estimate of drug-likeness (QED) is 0.749. The molecule has 0 spiro atoms. The number of halogens is 1. The molecule has 0 saturated heterocycles. The maximum Gasteiger partial charge on any atom is 0.240 e. The number of anilines is 1. The summed E-state index contributed by atoms with van der Waals surface area (Å²) in [5.74, 6) is 0.0133. The number of aryl methyl sites for hydroxylation is 1. The number of nitrogens with zero attached hydrogens (tertiary/aromatic N) is 3. The Labute approximate surface area is 159 Å². The van der Waals surface area contributed by atoms with Crippen LogP contribution in [-0.4, -0.2) is 47.2 Å². The first-order valence-corrected chi connectivity index (χ1v) is 8.86. The fraction of sp³-hybridized carbons (Fsp3) is 0.368. The Kier molecular flexibility index (Phi) is 9.47. The number of likely N-dealkylation sites (N-methyl/N-ethyl adjacent to an activating group) is 1. The first kappa shape index (κ1) is 21.7. The Bertz CT molecular complexity index is 720. The van der Waals surface area contributed by atoms with Crippen molar-refractivity contribution in [2.45, 2.75) is 27.2 Å². The summed E-state index contributed by atoms with van der Waals surface area (Å²) in [6, 6.07) is 5.73. The van der Waals surface area contributed by atoms with Crippen molar-refractivity contribution in [2.24, 2.45) is 0 Å². The van der Waals surface area contributed by atoms with Crippen molar-refractivity contribution in [1.82, 2.24) is 14.9 Å². The van der Waals surface area contributed by atoms with Crippen LogP contribution in [0.15, 0.2) is 30.6 Å². The lowest BCUT2D eigenvalue weighted by atomic mass is 10.0. The number of hydrogen-bond donors (Lipinski definition) is 1. The van der Waals surface area contributed by atoms with Crippen LogP contribution >= 0.6 is 11.6 Å². The van der Waals surface area contributed by atoms with E-state index in [1.165, 1.54) is 12.4 Å². The molecule has 0 saturated carbocycles. The third-order valence-corrected chi connectivity index (χ3v) is 3.67. The summed E-state index contributed by atoms with van der Waals surface area (Å²) in [6.45, 7) is 6.84. The van der Waals surface area contributed by atoms with Crippen LogP contribution in [0.5, 0.6) is 0 Å². The average molecular weight is 377 g/mol. The molecule has 2 rings (SSSR count). The molecule has 140 valence electrons. The van der Waals surface area contributed by atoms with Gasteiger partial charge in [-0.15, -0.1) is 0 Å². The first-order valence-electron chi connectivity index (χ1n) is 8.48. The van der Waals surface area contributed by atoms with Crippen LogP contribution in [0, 0.1) is 6.92 Å². The van der Waals surface area contributed by atoms with Crippen molar-refractivity contribution in [3.05, 3.63) is 52.3 Å². The van der Waals surface area contributed by atoms with Crippen LogP contribution in [0.2, 0.25) is 5.02 Å². The predicted octanol–water partition coefficient (Wildman–Crippen LogP) is 3.39. The van der Waals surface area contributed by atoms with E-state index in [1.54, 1.807) is 0 Å². The van der Waals surface area contributed by atoms with Gasteiger partial charge in [0, 0.05) is 12.1 Å². The minimum Gasteiger partial charge on any atom is -0.298 e. The SMILES string of the molecule is CC.Cc1ccc(C=O)c(CCN(C)CC(=O)Nc2ncc(Cl)cn2)c1. The molecule has 0 aliphatic carbocycles. The topological polar surface area (TPSA) is 75.2 Å². The second-order valence-corrected chi connectivity index (χ2v) is 6.02.